The minimum Gasteiger partial charge on any atom is -0.497 e. The van der Waals surface area contributed by atoms with Gasteiger partial charge < -0.3 is 4.74 Å². The van der Waals surface area contributed by atoms with Crippen LogP contribution in [0.15, 0.2) is 42.6 Å². The Bertz CT molecular complexity index is 988. The van der Waals surface area contributed by atoms with Gasteiger partial charge in [0.2, 0.25) is 0 Å². The highest BCUT2D eigenvalue weighted by atomic mass is 19.4. The third-order valence-corrected chi connectivity index (χ3v) is 4.76. The molecule has 0 spiro atoms. The third-order valence-electron chi connectivity index (χ3n) is 4.76. The second-order valence-electron chi connectivity index (χ2n) is 6.67. The normalized spacial score (nSPS) is 15.0. The first-order valence-corrected chi connectivity index (χ1v) is 8.63. The molecule has 27 heavy (non-hydrogen) atoms. The Kier molecular flexibility index (Phi) is 4.47. The summed E-state index contributed by atoms with van der Waals surface area (Å²) >= 11 is 0. The Morgan fingerprint density at radius 3 is 2.81 bits per heavy atom. The molecule has 0 N–H and O–H groups in total. The lowest BCUT2D eigenvalue weighted by molar-refractivity contribution is -0.137. The molecule has 140 valence electrons. The molecule has 7 heteroatoms. The summed E-state index contributed by atoms with van der Waals surface area (Å²) in [6.07, 6.45) is -2.81. The molecule has 0 aliphatic carbocycles. The molecule has 0 saturated heterocycles. The molecule has 3 heterocycles. The molecule has 4 rings (SSSR count). The maximum Gasteiger partial charge on any atom is 0.417 e. The molecule has 0 radical (unpaired) electrons. The number of methoxy groups -OCH3 is 1. The van der Waals surface area contributed by atoms with Crippen LogP contribution in [-0.4, -0.2) is 28.5 Å². The van der Waals surface area contributed by atoms with Crippen LogP contribution in [0, 0.1) is 0 Å². The molecule has 0 bridgehead atoms. The van der Waals surface area contributed by atoms with Crippen molar-refractivity contribution < 1.29 is 17.9 Å². The van der Waals surface area contributed by atoms with Crippen LogP contribution in [0.4, 0.5) is 13.2 Å². The van der Waals surface area contributed by atoms with Crippen LogP contribution < -0.4 is 4.74 Å². The lowest BCUT2D eigenvalue weighted by Crippen LogP contribution is -2.30. The molecule has 0 saturated carbocycles. The third kappa shape index (κ3) is 3.73. The molecule has 1 aromatic carbocycles. The maximum absolute atomic E-state index is 12.9. The van der Waals surface area contributed by atoms with E-state index in [1.165, 1.54) is 0 Å². The number of hydrogen-bond donors (Lipinski definition) is 0. The van der Waals surface area contributed by atoms with Crippen LogP contribution in [0.25, 0.3) is 11.0 Å². The van der Waals surface area contributed by atoms with E-state index in [2.05, 4.69) is 14.9 Å². The highest BCUT2D eigenvalue weighted by Gasteiger charge is 2.31. The van der Waals surface area contributed by atoms with Gasteiger partial charge in [-0.15, -0.1) is 0 Å². The van der Waals surface area contributed by atoms with Gasteiger partial charge >= 0.3 is 6.18 Å². The summed E-state index contributed by atoms with van der Waals surface area (Å²) in [6, 6.07) is 10.8. The molecule has 3 aromatic rings. The fourth-order valence-corrected chi connectivity index (χ4v) is 3.40. The predicted octanol–water partition coefficient (Wildman–Crippen LogP) is 4.22. The molecule has 1 aliphatic heterocycles. The SMILES string of the molecule is COc1cccc(CN2CCc3nc4ncc(C(F)(F)F)cc4cc3C2)c1. The van der Waals surface area contributed by atoms with E-state index in [0.717, 1.165) is 54.3 Å². The van der Waals surface area contributed by atoms with Gasteiger partial charge in [0.25, 0.3) is 0 Å². The monoisotopic (exact) mass is 373 g/mol. The Balaban J connectivity index is 1.60. The van der Waals surface area contributed by atoms with E-state index in [4.69, 9.17) is 4.74 Å². The van der Waals surface area contributed by atoms with E-state index in [0.29, 0.717) is 17.6 Å². The Morgan fingerprint density at radius 2 is 2.04 bits per heavy atom. The summed E-state index contributed by atoms with van der Waals surface area (Å²) in [4.78, 5) is 10.6. The van der Waals surface area contributed by atoms with E-state index in [-0.39, 0.29) is 0 Å². The standard InChI is InChI=1S/C20H18F3N3O/c1-27-17-4-2-3-13(7-17)11-26-6-5-18-15(12-26)8-14-9-16(20(21,22)23)10-24-19(14)25-18/h2-4,7-10H,5-6,11-12H2,1H3. The van der Waals surface area contributed by atoms with Crippen molar-refractivity contribution in [2.75, 3.05) is 13.7 Å². The van der Waals surface area contributed by atoms with Crippen molar-refractivity contribution in [1.82, 2.24) is 14.9 Å². The fraction of sp³-hybridized carbons (Fsp3) is 0.300. The zero-order valence-electron chi connectivity index (χ0n) is 14.8. The Morgan fingerprint density at radius 1 is 1.19 bits per heavy atom. The summed E-state index contributed by atoms with van der Waals surface area (Å²) in [5.74, 6) is 0.809. The molecule has 1 aliphatic rings. The molecule has 0 atom stereocenters. The second kappa shape index (κ2) is 6.81. The molecular weight excluding hydrogens is 355 g/mol. The molecule has 0 fully saturated rings. The largest absolute Gasteiger partial charge is 0.497 e. The number of halogens is 3. The number of fused-ring (bicyclic) bond motifs is 2. The van der Waals surface area contributed by atoms with Crippen molar-refractivity contribution in [3.63, 3.8) is 0 Å². The predicted molar refractivity (Wildman–Crippen MR) is 95.4 cm³/mol. The average Bonchev–Trinajstić information content (AvgIpc) is 2.65. The quantitative estimate of drug-likeness (QED) is 0.689. The number of hydrogen-bond acceptors (Lipinski definition) is 4. The Hall–Kier alpha value is -2.67. The molecule has 0 unspecified atom stereocenters. The maximum atomic E-state index is 12.9. The van der Waals surface area contributed by atoms with Crippen LogP contribution >= 0.6 is 0 Å². The summed E-state index contributed by atoms with van der Waals surface area (Å²) in [7, 11) is 1.64. The topological polar surface area (TPSA) is 38.2 Å². The van der Waals surface area contributed by atoms with Gasteiger partial charge in [0.15, 0.2) is 5.65 Å². The van der Waals surface area contributed by atoms with E-state index in [1.807, 2.05) is 24.3 Å². The van der Waals surface area contributed by atoms with Crippen LogP contribution in [-0.2, 0) is 25.7 Å². The number of pyridine rings is 2. The molecule has 4 nitrogen and oxygen atoms in total. The minimum atomic E-state index is -4.41. The van der Waals surface area contributed by atoms with Crippen molar-refractivity contribution in [3.05, 3.63) is 65.0 Å². The summed E-state index contributed by atoms with van der Waals surface area (Å²) in [5.41, 5.74) is 2.62. The number of aromatic nitrogens is 2. The van der Waals surface area contributed by atoms with Crippen molar-refractivity contribution in [3.8, 4) is 5.75 Å². The number of ether oxygens (including phenoxy) is 1. The van der Waals surface area contributed by atoms with Gasteiger partial charge in [-0.2, -0.15) is 13.2 Å². The molecular formula is C20H18F3N3O. The van der Waals surface area contributed by atoms with Crippen LogP contribution in [0.3, 0.4) is 0 Å². The first-order chi connectivity index (χ1) is 12.9. The number of alkyl halides is 3. The van der Waals surface area contributed by atoms with E-state index < -0.39 is 11.7 Å². The van der Waals surface area contributed by atoms with Gasteiger partial charge in [0.05, 0.1) is 12.7 Å². The van der Waals surface area contributed by atoms with Crippen LogP contribution in [0.2, 0.25) is 0 Å². The van der Waals surface area contributed by atoms with E-state index in [1.54, 1.807) is 13.2 Å². The first kappa shape index (κ1) is 17.7. The fourth-order valence-electron chi connectivity index (χ4n) is 3.40. The van der Waals surface area contributed by atoms with Gasteiger partial charge in [0, 0.05) is 43.3 Å². The van der Waals surface area contributed by atoms with Gasteiger partial charge in [-0.1, -0.05) is 12.1 Å². The number of benzene rings is 1. The minimum absolute atomic E-state index is 0.364. The second-order valence-corrected chi connectivity index (χ2v) is 6.67. The lowest BCUT2D eigenvalue weighted by Gasteiger charge is -2.28. The summed E-state index contributed by atoms with van der Waals surface area (Å²) in [5, 5.41) is 0.423. The van der Waals surface area contributed by atoms with E-state index in [9.17, 15) is 13.2 Å². The lowest BCUT2D eigenvalue weighted by atomic mass is 10.0. The smallest absolute Gasteiger partial charge is 0.417 e. The van der Waals surface area contributed by atoms with Gasteiger partial charge in [-0.25, -0.2) is 9.97 Å². The average molecular weight is 373 g/mol. The van der Waals surface area contributed by atoms with Crippen LogP contribution in [0.1, 0.15) is 22.4 Å². The zero-order chi connectivity index (χ0) is 19.0. The molecule has 2 aromatic heterocycles. The molecule has 0 amide bonds. The van der Waals surface area contributed by atoms with Crippen LogP contribution in [0.5, 0.6) is 5.75 Å². The number of nitrogens with zero attached hydrogens (tertiary/aromatic N) is 3. The van der Waals surface area contributed by atoms with Crippen molar-refractivity contribution in [2.24, 2.45) is 0 Å². The highest BCUT2D eigenvalue weighted by Crippen LogP contribution is 2.31. The number of rotatable bonds is 3. The first-order valence-electron chi connectivity index (χ1n) is 8.63. The highest BCUT2D eigenvalue weighted by molar-refractivity contribution is 5.76. The van der Waals surface area contributed by atoms with Crippen molar-refractivity contribution in [1.29, 1.82) is 0 Å². The van der Waals surface area contributed by atoms with Gasteiger partial charge in [-0.05, 0) is 35.4 Å². The van der Waals surface area contributed by atoms with Gasteiger partial charge in [-0.3, -0.25) is 4.90 Å². The van der Waals surface area contributed by atoms with E-state index >= 15 is 0 Å². The van der Waals surface area contributed by atoms with Gasteiger partial charge in [0.1, 0.15) is 5.75 Å². The summed E-state index contributed by atoms with van der Waals surface area (Å²) in [6.45, 7) is 2.23. The Labute approximate surface area is 154 Å². The zero-order valence-corrected chi connectivity index (χ0v) is 14.8. The van der Waals surface area contributed by atoms with Crippen molar-refractivity contribution in [2.45, 2.75) is 25.7 Å². The summed E-state index contributed by atoms with van der Waals surface area (Å²) < 4.78 is 44.1. The van der Waals surface area contributed by atoms with Crippen molar-refractivity contribution >= 4 is 11.0 Å².